The highest BCUT2D eigenvalue weighted by Gasteiger charge is 2.22. The van der Waals surface area contributed by atoms with Gasteiger partial charge in [0.25, 0.3) is 0 Å². The standard InChI is InChI=1S/C11H12N4O2S/c1-18-11-9-10(12-5-13-11)15(6-14-9)8-3-2-7(4-16)17-8/h2-3,5-8,16H,4H2,1H3/t7-,8+/m0/s1. The second-order valence-corrected chi connectivity index (χ2v) is 4.63. The van der Waals surface area contributed by atoms with Crippen LogP contribution in [0.3, 0.4) is 0 Å². The molecule has 0 bridgehead atoms. The number of thioether (sulfide) groups is 1. The first-order chi connectivity index (χ1) is 8.83. The minimum Gasteiger partial charge on any atom is -0.393 e. The molecule has 0 radical (unpaired) electrons. The van der Waals surface area contributed by atoms with Gasteiger partial charge in [-0.05, 0) is 12.3 Å². The Bertz CT molecular complexity index is 598. The molecule has 0 amide bonds. The van der Waals surface area contributed by atoms with Crippen LogP contribution in [0.2, 0.25) is 0 Å². The van der Waals surface area contributed by atoms with Gasteiger partial charge in [-0.15, -0.1) is 11.8 Å². The van der Waals surface area contributed by atoms with E-state index in [1.165, 1.54) is 18.1 Å². The molecule has 6 nitrogen and oxygen atoms in total. The van der Waals surface area contributed by atoms with Gasteiger partial charge < -0.3 is 9.84 Å². The average molecular weight is 264 g/mol. The molecule has 2 atom stereocenters. The maximum Gasteiger partial charge on any atom is 0.166 e. The molecule has 94 valence electrons. The van der Waals surface area contributed by atoms with Crippen molar-refractivity contribution in [1.82, 2.24) is 19.5 Å². The normalized spacial score (nSPS) is 23.0. The third kappa shape index (κ3) is 1.80. The zero-order valence-corrected chi connectivity index (χ0v) is 10.5. The van der Waals surface area contributed by atoms with Crippen LogP contribution < -0.4 is 0 Å². The highest BCUT2D eigenvalue weighted by molar-refractivity contribution is 7.98. The Kier molecular flexibility index (Phi) is 3.02. The van der Waals surface area contributed by atoms with Crippen molar-refractivity contribution in [2.45, 2.75) is 17.4 Å². The highest BCUT2D eigenvalue weighted by Crippen LogP contribution is 2.27. The first kappa shape index (κ1) is 11.6. The summed E-state index contributed by atoms with van der Waals surface area (Å²) in [4.78, 5) is 12.7. The van der Waals surface area contributed by atoms with Gasteiger partial charge in [-0.1, -0.05) is 6.08 Å². The fourth-order valence-electron chi connectivity index (χ4n) is 1.92. The zero-order chi connectivity index (χ0) is 12.5. The van der Waals surface area contributed by atoms with Crippen LogP contribution in [0.1, 0.15) is 6.23 Å². The van der Waals surface area contributed by atoms with E-state index in [-0.39, 0.29) is 18.9 Å². The third-order valence-electron chi connectivity index (χ3n) is 2.78. The predicted molar refractivity (Wildman–Crippen MR) is 67.2 cm³/mol. The quantitative estimate of drug-likeness (QED) is 0.506. The van der Waals surface area contributed by atoms with Crippen molar-refractivity contribution in [1.29, 1.82) is 0 Å². The minimum absolute atomic E-state index is 0.0231. The van der Waals surface area contributed by atoms with Gasteiger partial charge in [0, 0.05) is 0 Å². The Morgan fingerprint density at radius 3 is 3.00 bits per heavy atom. The molecule has 2 aromatic heterocycles. The van der Waals surface area contributed by atoms with Crippen molar-refractivity contribution in [3.63, 3.8) is 0 Å². The van der Waals surface area contributed by atoms with Crippen molar-refractivity contribution in [2.24, 2.45) is 0 Å². The topological polar surface area (TPSA) is 73.1 Å². The molecule has 3 rings (SSSR count). The number of aliphatic hydroxyl groups is 1. The van der Waals surface area contributed by atoms with Gasteiger partial charge in [-0.25, -0.2) is 15.0 Å². The molecule has 0 spiro atoms. The van der Waals surface area contributed by atoms with E-state index in [1.807, 2.05) is 23.0 Å². The smallest absolute Gasteiger partial charge is 0.166 e. The highest BCUT2D eigenvalue weighted by atomic mass is 32.2. The lowest BCUT2D eigenvalue weighted by molar-refractivity contribution is -0.00639. The van der Waals surface area contributed by atoms with Gasteiger partial charge >= 0.3 is 0 Å². The maximum atomic E-state index is 9.05. The van der Waals surface area contributed by atoms with Crippen LogP contribution in [0.15, 0.2) is 29.8 Å². The first-order valence-corrected chi connectivity index (χ1v) is 6.72. The van der Waals surface area contributed by atoms with Crippen LogP contribution in [-0.2, 0) is 4.74 Å². The molecule has 3 heterocycles. The molecular weight excluding hydrogens is 252 g/mol. The monoisotopic (exact) mass is 264 g/mol. The van der Waals surface area contributed by atoms with E-state index in [0.29, 0.717) is 0 Å². The average Bonchev–Trinajstić information content (AvgIpc) is 3.03. The third-order valence-corrected chi connectivity index (χ3v) is 3.46. The summed E-state index contributed by atoms with van der Waals surface area (Å²) in [5.74, 6) is 0. The Labute approximate surface area is 108 Å². The predicted octanol–water partition coefficient (Wildman–Crippen LogP) is 0.994. The summed E-state index contributed by atoms with van der Waals surface area (Å²) in [6, 6.07) is 0. The molecule has 1 aliphatic rings. The molecule has 1 aliphatic heterocycles. The van der Waals surface area contributed by atoms with Gasteiger partial charge in [-0.2, -0.15) is 0 Å². The van der Waals surface area contributed by atoms with Crippen molar-refractivity contribution < 1.29 is 9.84 Å². The molecule has 0 saturated heterocycles. The van der Waals surface area contributed by atoms with E-state index in [4.69, 9.17) is 9.84 Å². The number of imidazole rings is 1. The molecule has 0 fully saturated rings. The fourth-order valence-corrected chi connectivity index (χ4v) is 2.41. The fraction of sp³-hybridized carbons (Fsp3) is 0.364. The molecule has 2 aromatic rings. The summed E-state index contributed by atoms with van der Waals surface area (Å²) >= 11 is 1.53. The Morgan fingerprint density at radius 1 is 1.39 bits per heavy atom. The Balaban J connectivity index is 2.01. The number of rotatable bonds is 3. The number of ether oxygens (including phenoxy) is 1. The van der Waals surface area contributed by atoms with Crippen LogP contribution in [0.4, 0.5) is 0 Å². The molecule has 0 aromatic carbocycles. The Hall–Kier alpha value is -1.44. The van der Waals surface area contributed by atoms with Crippen LogP contribution in [0.5, 0.6) is 0 Å². The summed E-state index contributed by atoms with van der Waals surface area (Å²) in [5, 5.41) is 9.89. The van der Waals surface area contributed by atoms with E-state index >= 15 is 0 Å². The number of hydrogen-bond acceptors (Lipinski definition) is 6. The summed E-state index contributed by atoms with van der Waals surface area (Å²) in [6.07, 6.45) is 8.37. The molecule has 7 heteroatoms. The first-order valence-electron chi connectivity index (χ1n) is 5.49. The molecular formula is C11H12N4O2S. The summed E-state index contributed by atoms with van der Waals surface area (Å²) in [6.45, 7) is -0.0231. The van der Waals surface area contributed by atoms with Crippen molar-refractivity contribution in [2.75, 3.05) is 12.9 Å². The SMILES string of the molecule is CSc1ncnc2c1ncn2[C@H]1C=C[C@@H](CO)O1. The largest absolute Gasteiger partial charge is 0.393 e. The second-order valence-electron chi connectivity index (χ2n) is 3.84. The lowest BCUT2D eigenvalue weighted by Gasteiger charge is -2.13. The molecule has 0 unspecified atom stereocenters. The number of aromatic nitrogens is 4. The molecule has 1 N–H and O–H groups in total. The van der Waals surface area contributed by atoms with Crippen molar-refractivity contribution in [3.05, 3.63) is 24.8 Å². The van der Waals surface area contributed by atoms with E-state index in [0.717, 1.165) is 16.2 Å². The zero-order valence-electron chi connectivity index (χ0n) is 9.72. The lowest BCUT2D eigenvalue weighted by atomic mass is 10.4. The summed E-state index contributed by atoms with van der Waals surface area (Å²) in [7, 11) is 0. The van der Waals surface area contributed by atoms with Crippen LogP contribution in [-0.4, -0.2) is 43.6 Å². The van der Waals surface area contributed by atoms with Gasteiger partial charge in [-0.3, -0.25) is 4.57 Å². The molecule has 0 saturated carbocycles. The van der Waals surface area contributed by atoms with Gasteiger partial charge in [0.2, 0.25) is 0 Å². The number of nitrogens with zero attached hydrogens (tertiary/aromatic N) is 4. The van der Waals surface area contributed by atoms with Gasteiger partial charge in [0.1, 0.15) is 23.0 Å². The molecule has 0 aliphatic carbocycles. The van der Waals surface area contributed by atoms with Crippen LogP contribution in [0.25, 0.3) is 11.2 Å². The van der Waals surface area contributed by atoms with Crippen molar-refractivity contribution >= 4 is 22.9 Å². The summed E-state index contributed by atoms with van der Waals surface area (Å²) in [5.41, 5.74) is 1.51. The van der Waals surface area contributed by atoms with Gasteiger partial charge in [0.15, 0.2) is 11.9 Å². The van der Waals surface area contributed by atoms with E-state index in [9.17, 15) is 0 Å². The van der Waals surface area contributed by atoms with E-state index in [2.05, 4.69) is 15.0 Å². The minimum atomic E-state index is -0.267. The number of hydrogen-bond donors (Lipinski definition) is 1. The Morgan fingerprint density at radius 2 is 2.28 bits per heavy atom. The summed E-state index contributed by atoms with van der Waals surface area (Å²) < 4.78 is 7.47. The second kappa shape index (κ2) is 4.68. The number of aliphatic hydroxyl groups excluding tert-OH is 1. The van der Waals surface area contributed by atoms with E-state index < -0.39 is 0 Å². The van der Waals surface area contributed by atoms with Gasteiger partial charge in [0.05, 0.1) is 12.9 Å². The van der Waals surface area contributed by atoms with Crippen molar-refractivity contribution in [3.8, 4) is 0 Å². The maximum absolute atomic E-state index is 9.05. The lowest BCUT2D eigenvalue weighted by Crippen LogP contribution is -2.15. The number of fused-ring (bicyclic) bond motifs is 1. The molecule has 18 heavy (non-hydrogen) atoms. The van der Waals surface area contributed by atoms with Crippen LogP contribution in [0, 0.1) is 0 Å². The van der Waals surface area contributed by atoms with Crippen LogP contribution >= 0.6 is 11.8 Å². The van der Waals surface area contributed by atoms with E-state index in [1.54, 1.807) is 6.33 Å².